The van der Waals surface area contributed by atoms with Crippen LogP contribution in [0.4, 0.5) is 18.9 Å². The number of nitrogens with zero attached hydrogens (tertiary/aromatic N) is 2. The summed E-state index contributed by atoms with van der Waals surface area (Å²) in [4.78, 5) is 7.67. The van der Waals surface area contributed by atoms with Crippen molar-refractivity contribution in [2.75, 3.05) is 44.8 Å². The Morgan fingerprint density at radius 2 is 1.76 bits per heavy atom. The molecule has 0 spiro atoms. The van der Waals surface area contributed by atoms with Crippen molar-refractivity contribution >= 4 is 16.6 Å². The summed E-state index contributed by atoms with van der Waals surface area (Å²) in [6, 6.07) is 10.3. The predicted octanol–water partition coefficient (Wildman–Crippen LogP) is 5.65. The number of aromatic amines is 1. The van der Waals surface area contributed by atoms with Crippen molar-refractivity contribution < 1.29 is 18.3 Å². The standard InChI is InChI=1S/C27H33F3N4O.C2H6/c1-17-12-21-20-6-2-3-7-24(20)32-26(21)27(34(17)10-5-11-35)25-22(29)13-18(14-23(25)30)31-19-15-33(16-19)9-4-8-28;1-2/h2-3,6-7,13-14,17,19,27,31-32,35H,4-5,8-12,15-16H2,1H3;1-2H3. The van der Waals surface area contributed by atoms with Crippen LogP contribution in [0.1, 0.15) is 56.5 Å². The van der Waals surface area contributed by atoms with Crippen molar-refractivity contribution in [2.24, 2.45) is 0 Å². The largest absolute Gasteiger partial charge is 0.396 e. The normalized spacial score (nSPS) is 20.3. The van der Waals surface area contributed by atoms with Crippen LogP contribution in [0.15, 0.2) is 36.4 Å². The number of likely N-dealkylation sites (tertiary alicyclic amines) is 1. The van der Waals surface area contributed by atoms with Crippen molar-refractivity contribution in [1.29, 1.82) is 0 Å². The number of fused-ring (bicyclic) bond motifs is 3. The van der Waals surface area contributed by atoms with E-state index in [4.69, 9.17) is 0 Å². The number of hydrogen-bond acceptors (Lipinski definition) is 4. The Kier molecular flexibility index (Phi) is 9.16. The summed E-state index contributed by atoms with van der Waals surface area (Å²) in [6.07, 6.45) is 1.80. The van der Waals surface area contributed by atoms with Gasteiger partial charge in [0.2, 0.25) is 0 Å². The average Bonchev–Trinajstić information content (AvgIpc) is 3.23. The Balaban J connectivity index is 0.00000156. The van der Waals surface area contributed by atoms with E-state index in [1.807, 2.05) is 38.1 Å². The van der Waals surface area contributed by atoms with Crippen LogP contribution in [0.25, 0.3) is 10.9 Å². The van der Waals surface area contributed by atoms with Gasteiger partial charge in [-0.15, -0.1) is 0 Å². The van der Waals surface area contributed by atoms with Gasteiger partial charge in [-0.1, -0.05) is 32.0 Å². The van der Waals surface area contributed by atoms with Crippen molar-refractivity contribution in [2.45, 2.75) is 58.2 Å². The fourth-order valence-corrected chi connectivity index (χ4v) is 5.71. The third kappa shape index (κ3) is 5.66. The molecule has 0 saturated carbocycles. The quantitative estimate of drug-likeness (QED) is 0.344. The molecule has 2 aliphatic heterocycles. The third-order valence-electron chi connectivity index (χ3n) is 7.38. The van der Waals surface area contributed by atoms with Crippen LogP contribution in [-0.2, 0) is 6.42 Å². The Labute approximate surface area is 217 Å². The number of aliphatic hydroxyl groups is 1. The maximum atomic E-state index is 15.7. The summed E-state index contributed by atoms with van der Waals surface area (Å²) in [7, 11) is 0. The van der Waals surface area contributed by atoms with Gasteiger partial charge in [-0.2, -0.15) is 0 Å². The minimum atomic E-state index is -0.610. The Morgan fingerprint density at radius 1 is 1.05 bits per heavy atom. The summed E-state index contributed by atoms with van der Waals surface area (Å²) < 4.78 is 43.7. The van der Waals surface area contributed by atoms with Crippen molar-refractivity contribution in [1.82, 2.24) is 14.8 Å². The molecule has 0 aliphatic carbocycles. The minimum Gasteiger partial charge on any atom is -0.396 e. The Hall–Kier alpha value is -2.55. The number of aliphatic hydroxyl groups excluding tert-OH is 1. The highest BCUT2D eigenvalue weighted by molar-refractivity contribution is 5.85. The van der Waals surface area contributed by atoms with Crippen molar-refractivity contribution in [3.05, 3.63) is 64.9 Å². The lowest BCUT2D eigenvalue weighted by molar-refractivity contribution is 0.129. The topological polar surface area (TPSA) is 54.5 Å². The number of hydrogen-bond donors (Lipinski definition) is 3. The molecule has 1 fully saturated rings. The lowest BCUT2D eigenvalue weighted by Crippen LogP contribution is -2.54. The van der Waals surface area contributed by atoms with E-state index in [2.05, 4.69) is 27.0 Å². The molecule has 5 nitrogen and oxygen atoms in total. The van der Waals surface area contributed by atoms with Gasteiger partial charge < -0.3 is 15.4 Å². The predicted molar refractivity (Wildman–Crippen MR) is 144 cm³/mol. The van der Waals surface area contributed by atoms with Crippen molar-refractivity contribution in [3.8, 4) is 0 Å². The molecule has 2 atom stereocenters. The van der Waals surface area contributed by atoms with Crippen LogP contribution in [0, 0.1) is 11.6 Å². The number of alkyl halides is 1. The Bertz CT molecular complexity index is 1150. The molecule has 0 bridgehead atoms. The zero-order valence-electron chi connectivity index (χ0n) is 22.0. The van der Waals surface area contributed by atoms with Gasteiger partial charge in [0.25, 0.3) is 0 Å². The van der Waals surface area contributed by atoms with Crippen LogP contribution in [0.2, 0.25) is 0 Å². The number of nitrogens with one attached hydrogen (secondary N) is 2. The van der Waals surface area contributed by atoms with Gasteiger partial charge in [-0.05, 0) is 49.9 Å². The zero-order valence-corrected chi connectivity index (χ0v) is 22.0. The molecular weight excluding hydrogens is 477 g/mol. The SMILES string of the molecule is CC.CC1Cc2c([nH]c3ccccc23)C(c2c(F)cc(NC3CN(CCCF)C3)cc2F)N1CCCO. The van der Waals surface area contributed by atoms with E-state index in [9.17, 15) is 9.50 Å². The first-order valence-electron chi connectivity index (χ1n) is 13.5. The highest BCUT2D eigenvalue weighted by atomic mass is 19.1. The zero-order chi connectivity index (χ0) is 26.5. The van der Waals surface area contributed by atoms with E-state index in [1.165, 1.54) is 12.1 Å². The number of anilines is 1. The van der Waals surface area contributed by atoms with E-state index in [-0.39, 0.29) is 30.9 Å². The van der Waals surface area contributed by atoms with Crippen LogP contribution in [0.5, 0.6) is 0 Å². The van der Waals surface area contributed by atoms with E-state index in [0.29, 0.717) is 31.6 Å². The van der Waals surface area contributed by atoms with E-state index >= 15 is 8.78 Å². The highest BCUT2D eigenvalue weighted by Gasteiger charge is 2.38. The summed E-state index contributed by atoms with van der Waals surface area (Å²) in [6.45, 7) is 8.47. The second-order valence-electron chi connectivity index (χ2n) is 9.83. The van der Waals surface area contributed by atoms with Gasteiger partial charge in [-0.25, -0.2) is 8.78 Å². The van der Waals surface area contributed by atoms with Gasteiger partial charge in [0, 0.05) is 66.7 Å². The molecule has 1 aromatic heterocycles. The monoisotopic (exact) mass is 516 g/mol. The number of benzene rings is 2. The van der Waals surface area contributed by atoms with Crippen LogP contribution < -0.4 is 5.32 Å². The molecule has 8 heteroatoms. The first-order valence-corrected chi connectivity index (χ1v) is 13.5. The molecule has 1 saturated heterocycles. The lowest BCUT2D eigenvalue weighted by atomic mass is 9.88. The minimum absolute atomic E-state index is 0.0209. The van der Waals surface area contributed by atoms with Crippen LogP contribution >= 0.6 is 0 Å². The first-order chi connectivity index (χ1) is 18.0. The van der Waals surface area contributed by atoms with Crippen LogP contribution in [0.3, 0.4) is 0 Å². The van der Waals surface area contributed by atoms with Crippen LogP contribution in [-0.4, -0.2) is 71.4 Å². The maximum Gasteiger partial charge on any atom is 0.133 e. The third-order valence-corrected chi connectivity index (χ3v) is 7.38. The summed E-state index contributed by atoms with van der Waals surface area (Å²) in [5, 5.41) is 13.8. The van der Waals surface area contributed by atoms with Crippen molar-refractivity contribution in [3.63, 3.8) is 0 Å². The van der Waals surface area contributed by atoms with Gasteiger partial charge in [0.15, 0.2) is 0 Å². The molecule has 3 N–H and O–H groups in total. The molecule has 3 heterocycles. The smallest absolute Gasteiger partial charge is 0.133 e. The number of para-hydroxylation sites is 1. The second-order valence-corrected chi connectivity index (χ2v) is 9.83. The van der Waals surface area contributed by atoms with E-state index < -0.39 is 17.7 Å². The lowest BCUT2D eigenvalue weighted by Gasteiger charge is -2.41. The fraction of sp³-hybridized carbons (Fsp3) is 0.517. The number of halogens is 3. The Morgan fingerprint density at radius 3 is 2.43 bits per heavy atom. The van der Waals surface area contributed by atoms with Gasteiger partial charge in [0.1, 0.15) is 11.6 Å². The fourth-order valence-electron chi connectivity index (χ4n) is 5.71. The molecule has 0 radical (unpaired) electrons. The summed E-state index contributed by atoms with van der Waals surface area (Å²) in [5.74, 6) is -1.17. The van der Waals surface area contributed by atoms with E-state index in [1.54, 1.807) is 0 Å². The van der Waals surface area contributed by atoms with Gasteiger partial charge in [-0.3, -0.25) is 14.2 Å². The number of aromatic nitrogens is 1. The molecule has 5 rings (SSSR count). The molecular formula is C29H39F3N4O. The van der Waals surface area contributed by atoms with Gasteiger partial charge >= 0.3 is 0 Å². The number of rotatable bonds is 9. The van der Waals surface area contributed by atoms with E-state index in [0.717, 1.165) is 41.7 Å². The number of H-pyrrole nitrogens is 1. The molecule has 37 heavy (non-hydrogen) atoms. The molecule has 2 aromatic carbocycles. The summed E-state index contributed by atoms with van der Waals surface area (Å²) in [5.41, 5.74) is 3.33. The first kappa shape index (κ1) is 27.5. The highest BCUT2D eigenvalue weighted by Crippen LogP contribution is 2.43. The molecule has 3 aromatic rings. The molecule has 202 valence electrons. The van der Waals surface area contributed by atoms with Gasteiger partial charge in [0.05, 0.1) is 18.8 Å². The molecule has 2 unspecified atom stereocenters. The molecule has 2 aliphatic rings. The molecule has 0 amide bonds. The average molecular weight is 517 g/mol. The second kappa shape index (κ2) is 12.3. The summed E-state index contributed by atoms with van der Waals surface area (Å²) >= 11 is 0. The maximum absolute atomic E-state index is 15.7.